The summed E-state index contributed by atoms with van der Waals surface area (Å²) in [5.41, 5.74) is 5.87. The van der Waals surface area contributed by atoms with Gasteiger partial charge in [0.15, 0.2) is 5.60 Å². The van der Waals surface area contributed by atoms with E-state index in [2.05, 4.69) is 4.98 Å². The van der Waals surface area contributed by atoms with E-state index in [4.69, 9.17) is 10.5 Å². The molecule has 1 aromatic carbocycles. The number of hydrogen-bond donors (Lipinski definition) is 1. The number of aromatic nitrogens is 1. The number of hydrogen-bond acceptors (Lipinski definition) is 3. The number of rotatable bonds is 4. The highest BCUT2D eigenvalue weighted by Gasteiger charge is 2.28. The Morgan fingerprint density at radius 3 is 2.47 bits per heavy atom. The van der Waals surface area contributed by atoms with Crippen molar-refractivity contribution in [3.63, 3.8) is 0 Å². The molecule has 0 aliphatic rings. The fourth-order valence-electron chi connectivity index (χ4n) is 1.61. The van der Waals surface area contributed by atoms with Gasteiger partial charge in [-0.1, -0.05) is 30.3 Å². The number of nitrogens with zero attached hydrogens (tertiary/aromatic N) is 1. The molecular formula is C15H16N2O2. The highest BCUT2D eigenvalue weighted by atomic mass is 16.5. The van der Waals surface area contributed by atoms with Crippen LogP contribution in [0.15, 0.2) is 48.7 Å². The molecule has 0 aliphatic heterocycles. The maximum Gasteiger partial charge on any atom is 0.261 e. The predicted octanol–water partition coefficient (Wildman–Crippen LogP) is 2.39. The minimum atomic E-state index is -1.08. The maximum atomic E-state index is 11.4. The fourth-order valence-corrected chi connectivity index (χ4v) is 1.61. The Kier molecular flexibility index (Phi) is 3.51. The Morgan fingerprint density at radius 1 is 1.16 bits per heavy atom. The minimum absolute atomic E-state index is 0.518. The number of benzene rings is 1. The molecule has 0 spiro atoms. The van der Waals surface area contributed by atoms with Crippen LogP contribution in [0.2, 0.25) is 0 Å². The lowest BCUT2D eigenvalue weighted by atomic mass is 10.1. The van der Waals surface area contributed by atoms with Crippen LogP contribution in [-0.4, -0.2) is 16.5 Å². The summed E-state index contributed by atoms with van der Waals surface area (Å²) >= 11 is 0. The van der Waals surface area contributed by atoms with Gasteiger partial charge in [0, 0.05) is 11.8 Å². The third kappa shape index (κ3) is 2.91. The van der Waals surface area contributed by atoms with Crippen molar-refractivity contribution < 1.29 is 9.53 Å². The van der Waals surface area contributed by atoms with Crippen molar-refractivity contribution in [3.8, 4) is 17.0 Å². The second-order valence-corrected chi connectivity index (χ2v) is 4.69. The lowest BCUT2D eigenvalue weighted by Gasteiger charge is -2.23. The minimum Gasteiger partial charge on any atom is -0.476 e. The fraction of sp³-hybridized carbons (Fsp3) is 0.200. The molecular weight excluding hydrogens is 240 g/mol. The molecule has 0 atom stereocenters. The number of pyridine rings is 1. The zero-order valence-corrected chi connectivity index (χ0v) is 11.0. The summed E-state index contributed by atoms with van der Waals surface area (Å²) in [4.78, 5) is 15.7. The standard InChI is InChI=1S/C15H16N2O2/c1-15(2,14(16)18)19-12-9-6-10-17-13(12)11-7-4-3-5-8-11/h3-10H,1-2H3,(H2,16,18). The third-order valence-electron chi connectivity index (χ3n) is 2.78. The molecule has 0 aliphatic carbocycles. The summed E-state index contributed by atoms with van der Waals surface area (Å²) in [5.74, 6) is 0.0212. The number of ether oxygens (including phenoxy) is 1. The van der Waals surface area contributed by atoms with E-state index in [1.165, 1.54) is 0 Å². The summed E-state index contributed by atoms with van der Waals surface area (Å²) < 4.78 is 5.71. The van der Waals surface area contributed by atoms with E-state index < -0.39 is 11.5 Å². The number of carbonyl (C=O) groups excluding carboxylic acids is 1. The molecule has 98 valence electrons. The Labute approximate surface area is 112 Å². The van der Waals surface area contributed by atoms with E-state index in [-0.39, 0.29) is 0 Å². The predicted molar refractivity (Wildman–Crippen MR) is 73.6 cm³/mol. The van der Waals surface area contributed by atoms with Gasteiger partial charge in [0.25, 0.3) is 5.91 Å². The summed E-state index contributed by atoms with van der Waals surface area (Å²) in [7, 11) is 0. The van der Waals surface area contributed by atoms with Crippen molar-refractivity contribution in [1.82, 2.24) is 4.98 Å². The van der Waals surface area contributed by atoms with Gasteiger partial charge in [-0.25, -0.2) is 0 Å². The summed E-state index contributed by atoms with van der Waals surface area (Å²) in [5, 5.41) is 0. The van der Waals surface area contributed by atoms with Crippen LogP contribution in [0.5, 0.6) is 5.75 Å². The lowest BCUT2D eigenvalue weighted by Crippen LogP contribution is -2.43. The van der Waals surface area contributed by atoms with E-state index in [0.29, 0.717) is 11.4 Å². The number of amides is 1. The van der Waals surface area contributed by atoms with Crippen LogP contribution < -0.4 is 10.5 Å². The summed E-state index contributed by atoms with van der Waals surface area (Å²) in [6.45, 7) is 3.27. The first kappa shape index (κ1) is 13.1. The molecule has 0 saturated carbocycles. The average molecular weight is 256 g/mol. The number of primary amides is 1. The van der Waals surface area contributed by atoms with Crippen LogP contribution in [0.1, 0.15) is 13.8 Å². The smallest absolute Gasteiger partial charge is 0.261 e. The quantitative estimate of drug-likeness (QED) is 0.913. The first-order valence-electron chi connectivity index (χ1n) is 6.00. The molecule has 0 saturated heterocycles. The number of nitrogens with two attached hydrogens (primary N) is 1. The van der Waals surface area contributed by atoms with Crippen LogP contribution in [-0.2, 0) is 4.79 Å². The van der Waals surface area contributed by atoms with Crippen LogP contribution >= 0.6 is 0 Å². The van der Waals surface area contributed by atoms with Gasteiger partial charge in [-0.3, -0.25) is 9.78 Å². The van der Waals surface area contributed by atoms with Crippen molar-refractivity contribution in [2.24, 2.45) is 5.73 Å². The van der Waals surface area contributed by atoms with Crippen LogP contribution in [0, 0.1) is 0 Å². The average Bonchev–Trinajstić information content (AvgIpc) is 2.40. The SMILES string of the molecule is CC(C)(Oc1cccnc1-c1ccccc1)C(N)=O. The van der Waals surface area contributed by atoms with Crippen LogP contribution in [0.25, 0.3) is 11.3 Å². The number of carbonyl (C=O) groups is 1. The van der Waals surface area contributed by atoms with Gasteiger partial charge in [-0.2, -0.15) is 0 Å². The van der Waals surface area contributed by atoms with Gasteiger partial charge in [0.05, 0.1) is 0 Å². The van der Waals surface area contributed by atoms with Gasteiger partial charge < -0.3 is 10.5 Å². The topological polar surface area (TPSA) is 65.2 Å². The van der Waals surface area contributed by atoms with Crippen molar-refractivity contribution in [1.29, 1.82) is 0 Å². The van der Waals surface area contributed by atoms with E-state index >= 15 is 0 Å². The zero-order valence-electron chi connectivity index (χ0n) is 11.0. The van der Waals surface area contributed by atoms with E-state index in [1.807, 2.05) is 30.3 Å². The third-order valence-corrected chi connectivity index (χ3v) is 2.78. The second kappa shape index (κ2) is 5.10. The van der Waals surface area contributed by atoms with Gasteiger partial charge in [0.2, 0.25) is 0 Å². The molecule has 4 nitrogen and oxygen atoms in total. The molecule has 0 fully saturated rings. The van der Waals surface area contributed by atoms with Crippen LogP contribution in [0.4, 0.5) is 0 Å². The zero-order chi connectivity index (χ0) is 13.9. The molecule has 1 aromatic heterocycles. The first-order chi connectivity index (χ1) is 9.00. The molecule has 0 unspecified atom stereocenters. The van der Waals surface area contributed by atoms with Crippen LogP contribution in [0.3, 0.4) is 0 Å². The molecule has 0 radical (unpaired) electrons. The normalized spacial score (nSPS) is 11.1. The van der Waals surface area contributed by atoms with E-state index in [9.17, 15) is 4.79 Å². The van der Waals surface area contributed by atoms with E-state index in [0.717, 1.165) is 5.56 Å². The molecule has 2 aromatic rings. The van der Waals surface area contributed by atoms with Gasteiger partial charge in [0.1, 0.15) is 11.4 Å². The van der Waals surface area contributed by atoms with Gasteiger partial charge >= 0.3 is 0 Å². The van der Waals surface area contributed by atoms with Crippen molar-refractivity contribution in [2.45, 2.75) is 19.4 Å². The van der Waals surface area contributed by atoms with Gasteiger partial charge in [-0.15, -0.1) is 0 Å². The van der Waals surface area contributed by atoms with Crippen molar-refractivity contribution in [2.75, 3.05) is 0 Å². The summed E-state index contributed by atoms with van der Waals surface area (Å²) in [6.07, 6.45) is 1.69. The molecule has 2 N–H and O–H groups in total. The second-order valence-electron chi connectivity index (χ2n) is 4.69. The highest BCUT2D eigenvalue weighted by molar-refractivity contribution is 5.83. The Morgan fingerprint density at radius 2 is 1.84 bits per heavy atom. The van der Waals surface area contributed by atoms with Gasteiger partial charge in [-0.05, 0) is 26.0 Å². The highest BCUT2D eigenvalue weighted by Crippen LogP contribution is 2.29. The van der Waals surface area contributed by atoms with Crippen molar-refractivity contribution >= 4 is 5.91 Å². The lowest BCUT2D eigenvalue weighted by molar-refractivity contribution is -0.130. The Hall–Kier alpha value is -2.36. The summed E-state index contributed by atoms with van der Waals surface area (Å²) in [6, 6.07) is 13.2. The maximum absolute atomic E-state index is 11.4. The Balaban J connectivity index is 2.40. The van der Waals surface area contributed by atoms with E-state index in [1.54, 1.807) is 32.2 Å². The Bertz CT molecular complexity index is 580. The molecule has 2 rings (SSSR count). The molecule has 0 bridgehead atoms. The molecule has 19 heavy (non-hydrogen) atoms. The molecule has 4 heteroatoms. The van der Waals surface area contributed by atoms with Crippen molar-refractivity contribution in [3.05, 3.63) is 48.7 Å². The molecule has 1 heterocycles. The molecule has 1 amide bonds. The first-order valence-corrected chi connectivity index (χ1v) is 6.00. The largest absolute Gasteiger partial charge is 0.476 e. The monoisotopic (exact) mass is 256 g/mol.